The zero-order chi connectivity index (χ0) is 19.8. The number of aliphatic carboxylic acids is 1. The fraction of sp³-hybridized carbons (Fsp3) is 0.286. The number of rotatable bonds is 4. The monoisotopic (exact) mass is 417 g/mol. The quantitative estimate of drug-likeness (QED) is 0.481. The predicted octanol–water partition coefficient (Wildman–Crippen LogP) is 4.98. The van der Waals surface area contributed by atoms with Crippen molar-refractivity contribution in [2.45, 2.75) is 17.6 Å². The van der Waals surface area contributed by atoms with Gasteiger partial charge in [-0.05, 0) is 47.5 Å². The molecule has 0 radical (unpaired) electrons. The summed E-state index contributed by atoms with van der Waals surface area (Å²) in [7, 11) is -3.11. The largest absolute Gasteiger partial charge is 0.481 e. The third-order valence-corrected chi connectivity index (χ3v) is 9.48. The highest BCUT2D eigenvalue weighted by atomic mass is 32.3. The molecular formula is C21H23NO4S2. The molecule has 0 amide bonds. The molecule has 1 aliphatic heterocycles. The number of hydrogen-bond acceptors (Lipinski definition) is 5. The zero-order valence-electron chi connectivity index (χ0n) is 15.3. The minimum atomic E-state index is -3.11. The van der Waals surface area contributed by atoms with Crippen molar-refractivity contribution in [3.8, 4) is 10.4 Å². The number of fused-ring (bicyclic) bond motifs is 1. The van der Waals surface area contributed by atoms with E-state index in [2.05, 4.69) is 35.6 Å². The van der Waals surface area contributed by atoms with Crippen molar-refractivity contribution in [3.63, 3.8) is 0 Å². The zero-order valence-corrected chi connectivity index (χ0v) is 16.9. The van der Waals surface area contributed by atoms with Gasteiger partial charge in [0, 0.05) is 16.3 Å². The molecule has 148 valence electrons. The molecule has 7 heteroatoms. The van der Waals surface area contributed by atoms with E-state index in [0.29, 0.717) is 19.5 Å². The molecule has 1 fully saturated rings. The summed E-state index contributed by atoms with van der Waals surface area (Å²) in [4.78, 5) is 13.4. The van der Waals surface area contributed by atoms with Crippen LogP contribution in [-0.2, 0) is 9.54 Å². The van der Waals surface area contributed by atoms with Crippen molar-refractivity contribution in [3.05, 3.63) is 59.5 Å². The molecule has 2 aromatic carbocycles. The van der Waals surface area contributed by atoms with E-state index >= 15 is 0 Å². The third kappa shape index (κ3) is 3.44. The van der Waals surface area contributed by atoms with Crippen LogP contribution in [0.1, 0.15) is 17.7 Å². The van der Waals surface area contributed by atoms with Crippen molar-refractivity contribution in [2.75, 3.05) is 18.8 Å². The Hall–Kier alpha value is -1.90. The Morgan fingerprint density at radius 1 is 1.07 bits per heavy atom. The predicted molar refractivity (Wildman–Crippen MR) is 116 cm³/mol. The molecule has 0 spiro atoms. The molecule has 2 heterocycles. The number of nitrogens with one attached hydrogen (secondary N) is 1. The van der Waals surface area contributed by atoms with Crippen LogP contribution in [0.2, 0.25) is 0 Å². The Kier molecular flexibility index (Phi) is 5.20. The summed E-state index contributed by atoms with van der Waals surface area (Å²) in [6, 6.07) is 18.2. The highest BCUT2D eigenvalue weighted by Crippen LogP contribution is 2.63. The average Bonchev–Trinajstić information content (AvgIpc) is 3.11. The first-order chi connectivity index (χ1) is 13.4. The minimum Gasteiger partial charge on any atom is -0.481 e. The first kappa shape index (κ1) is 19.4. The van der Waals surface area contributed by atoms with E-state index in [1.54, 1.807) is 0 Å². The van der Waals surface area contributed by atoms with Crippen molar-refractivity contribution in [2.24, 2.45) is 0 Å². The summed E-state index contributed by atoms with van der Waals surface area (Å²) in [5.74, 6) is -0.841. The van der Waals surface area contributed by atoms with Gasteiger partial charge >= 0.3 is 5.97 Å². The molecule has 0 bridgehead atoms. The topological polar surface area (TPSA) is 89.8 Å². The summed E-state index contributed by atoms with van der Waals surface area (Å²) in [5.41, 5.74) is 1.05. The minimum absolute atomic E-state index is 0.170. The van der Waals surface area contributed by atoms with Crippen LogP contribution in [-0.4, -0.2) is 39.0 Å². The van der Waals surface area contributed by atoms with Gasteiger partial charge in [0.15, 0.2) is 0 Å². The Morgan fingerprint density at radius 2 is 1.86 bits per heavy atom. The van der Waals surface area contributed by atoms with E-state index in [1.165, 1.54) is 11.3 Å². The standard InChI is InChI=1S/C21H23NO4S2/c23-20(24)14-21(9-10-22-11-12-28(21,25)26)19-8-7-18(27-19)17-6-5-15-3-1-2-4-16(15)13-17/h1-8,13,22,25-26H,9-12,14H2,(H,23,24). The smallest absolute Gasteiger partial charge is 0.305 e. The maximum absolute atomic E-state index is 11.6. The lowest BCUT2D eigenvalue weighted by Crippen LogP contribution is -2.36. The first-order valence-electron chi connectivity index (χ1n) is 9.19. The van der Waals surface area contributed by atoms with Crippen LogP contribution < -0.4 is 5.32 Å². The van der Waals surface area contributed by atoms with Gasteiger partial charge in [0.05, 0.1) is 12.2 Å². The number of hydrogen-bond donors (Lipinski definition) is 4. The van der Waals surface area contributed by atoms with Crippen molar-refractivity contribution >= 4 is 38.7 Å². The fourth-order valence-electron chi connectivity index (χ4n) is 3.89. The van der Waals surface area contributed by atoms with Gasteiger partial charge < -0.3 is 10.4 Å². The molecule has 1 unspecified atom stereocenters. The lowest BCUT2D eigenvalue weighted by molar-refractivity contribution is -0.137. The van der Waals surface area contributed by atoms with Crippen LogP contribution in [0, 0.1) is 0 Å². The van der Waals surface area contributed by atoms with Crippen LogP contribution in [0.25, 0.3) is 21.2 Å². The molecule has 4 rings (SSSR count). The van der Waals surface area contributed by atoms with Crippen molar-refractivity contribution in [1.29, 1.82) is 0 Å². The second kappa shape index (κ2) is 7.50. The number of thiophene rings is 1. The van der Waals surface area contributed by atoms with E-state index in [9.17, 15) is 19.0 Å². The Bertz CT molecular complexity index is 1020. The lowest BCUT2D eigenvalue weighted by Gasteiger charge is -2.48. The number of benzene rings is 2. The van der Waals surface area contributed by atoms with Gasteiger partial charge in [0.2, 0.25) is 0 Å². The Balaban J connectivity index is 1.78. The van der Waals surface area contributed by atoms with E-state index in [0.717, 1.165) is 26.1 Å². The summed E-state index contributed by atoms with van der Waals surface area (Å²) in [6.07, 6.45) is 0.105. The molecule has 5 nitrogen and oxygen atoms in total. The number of carbonyl (C=O) groups is 1. The molecule has 3 aromatic rings. The number of carboxylic acids is 1. The van der Waals surface area contributed by atoms with Crippen LogP contribution in [0.3, 0.4) is 0 Å². The van der Waals surface area contributed by atoms with E-state index in [-0.39, 0.29) is 12.2 Å². The Morgan fingerprint density at radius 3 is 2.64 bits per heavy atom. The molecule has 0 saturated carbocycles. The molecule has 1 atom stereocenters. The highest BCUT2D eigenvalue weighted by molar-refractivity contribution is 8.25. The van der Waals surface area contributed by atoms with Crippen molar-refractivity contribution < 1.29 is 19.0 Å². The molecular weight excluding hydrogens is 394 g/mol. The van der Waals surface area contributed by atoms with Crippen molar-refractivity contribution in [1.82, 2.24) is 5.32 Å². The molecule has 1 aliphatic rings. The summed E-state index contributed by atoms with van der Waals surface area (Å²) >= 11 is 1.46. The van der Waals surface area contributed by atoms with E-state index < -0.39 is 21.3 Å². The van der Waals surface area contributed by atoms with Gasteiger partial charge in [-0.15, -0.1) is 11.3 Å². The average molecular weight is 418 g/mol. The first-order valence-corrected chi connectivity index (χ1v) is 11.7. The highest BCUT2D eigenvalue weighted by Gasteiger charge is 2.48. The molecule has 1 saturated heterocycles. The summed E-state index contributed by atoms with van der Waals surface area (Å²) in [6.45, 7) is 1.04. The van der Waals surface area contributed by atoms with E-state index in [1.807, 2.05) is 24.3 Å². The van der Waals surface area contributed by atoms with Gasteiger partial charge in [0.1, 0.15) is 4.75 Å². The fourth-order valence-corrected chi connectivity index (χ4v) is 7.52. The molecule has 1 aromatic heterocycles. The maximum atomic E-state index is 11.6. The lowest BCUT2D eigenvalue weighted by atomic mass is 9.98. The maximum Gasteiger partial charge on any atom is 0.305 e. The molecule has 4 N–H and O–H groups in total. The Labute approximate surface area is 169 Å². The summed E-state index contributed by atoms with van der Waals surface area (Å²) in [5, 5.41) is 15.0. The molecule has 0 aliphatic carbocycles. The number of carboxylic acid groups (broad SMARTS) is 1. The third-order valence-electron chi connectivity index (χ3n) is 5.42. The van der Waals surface area contributed by atoms with Crippen LogP contribution in [0.15, 0.2) is 54.6 Å². The van der Waals surface area contributed by atoms with Crippen LogP contribution in [0.5, 0.6) is 0 Å². The SMILES string of the molecule is O=C(O)CC1(c2ccc(-c3ccc4ccccc4c3)s2)CCNCCS1(O)O. The van der Waals surface area contributed by atoms with Crippen LogP contribution >= 0.6 is 21.9 Å². The van der Waals surface area contributed by atoms with Gasteiger partial charge in [0.25, 0.3) is 0 Å². The van der Waals surface area contributed by atoms with Gasteiger partial charge in [-0.1, -0.05) is 36.4 Å². The van der Waals surface area contributed by atoms with Gasteiger partial charge in [-0.2, -0.15) is 10.6 Å². The summed E-state index contributed by atoms with van der Waals surface area (Å²) < 4.78 is 20.7. The second-order valence-corrected chi connectivity index (χ2v) is 10.8. The van der Waals surface area contributed by atoms with Gasteiger partial charge in [-0.25, -0.2) is 0 Å². The van der Waals surface area contributed by atoms with E-state index in [4.69, 9.17) is 0 Å². The normalized spacial score (nSPS) is 23.2. The van der Waals surface area contributed by atoms with Crippen LogP contribution in [0.4, 0.5) is 0 Å². The second-order valence-electron chi connectivity index (χ2n) is 7.16. The molecule has 28 heavy (non-hydrogen) atoms. The van der Waals surface area contributed by atoms with Gasteiger partial charge in [-0.3, -0.25) is 13.9 Å².